The number of hydrogen-bond acceptors (Lipinski definition) is 1. The molecule has 1 atom stereocenters. The second-order valence-electron chi connectivity index (χ2n) is 5.14. The number of rotatable bonds is 3. The topological polar surface area (TPSA) is 26.0 Å². The molecule has 2 rings (SSSR count). The van der Waals surface area contributed by atoms with Crippen LogP contribution in [0.1, 0.15) is 62.0 Å². The molecule has 1 nitrogen and oxygen atoms in total. The summed E-state index contributed by atoms with van der Waals surface area (Å²) in [6, 6.07) is 9.09. The van der Waals surface area contributed by atoms with Gasteiger partial charge in [0.1, 0.15) is 0 Å². The van der Waals surface area contributed by atoms with E-state index in [1.165, 1.54) is 43.2 Å². The van der Waals surface area contributed by atoms with Crippen LogP contribution in [0.15, 0.2) is 24.3 Å². The van der Waals surface area contributed by atoms with Gasteiger partial charge in [0.05, 0.1) is 0 Å². The molecule has 0 spiro atoms. The molecule has 1 heteroatoms. The van der Waals surface area contributed by atoms with Crippen molar-refractivity contribution in [1.29, 1.82) is 0 Å². The fraction of sp³-hybridized carbons (Fsp3) is 0.600. The van der Waals surface area contributed by atoms with Crippen molar-refractivity contribution in [2.45, 2.75) is 50.9 Å². The van der Waals surface area contributed by atoms with Gasteiger partial charge in [0.25, 0.3) is 0 Å². The first-order chi connectivity index (χ1) is 7.81. The van der Waals surface area contributed by atoms with E-state index in [1.54, 1.807) is 0 Å². The molecule has 0 aliphatic heterocycles. The van der Waals surface area contributed by atoms with Gasteiger partial charge >= 0.3 is 0 Å². The monoisotopic (exact) mass is 217 g/mol. The van der Waals surface area contributed by atoms with Gasteiger partial charge in [-0.1, -0.05) is 50.5 Å². The summed E-state index contributed by atoms with van der Waals surface area (Å²) >= 11 is 0. The lowest BCUT2D eigenvalue weighted by Gasteiger charge is -2.23. The minimum Gasteiger partial charge on any atom is -0.330 e. The molecule has 1 aromatic rings. The maximum atomic E-state index is 5.73. The maximum Gasteiger partial charge on any atom is -0.00109 e. The van der Waals surface area contributed by atoms with Crippen molar-refractivity contribution in [3.05, 3.63) is 35.4 Å². The molecule has 1 unspecified atom stereocenters. The lowest BCUT2D eigenvalue weighted by molar-refractivity contribution is 0.443. The molecule has 1 aliphatic rings. The zero-order chi connectivity index (χ0) is 11.4. The third-order valence-electron chi connectivity index (χ3n) is 3.91. The van der Waals surface area contributed by atoms with Crippen LogP contribution in [0.5, 0.6) is 0 Å². The van der Waals surface area contributed by atoms with Crippen molar-refractivity contribution in [2.75, 3.05) is 6.54 Å². The summed E-state index contributed by atoms with van der Waals surface area (Å²) in [5.41, 5.74) is 8.68. The highest BCUT2D eigenvalue weighted by Gasteiger charge is 2.16. The van der Waals surface area contributed by atoms with Crippen LogP contribution in [0, 0.1) is 0 Å². The van der Waals surface area contributed by atoms with Gasteiger partial charge in [-0.25, -0.2) is 0 Å². The lowest BCUT2D eigenvalue weighted by Crippen LogP contribution is -2.10. The van der Waals surface area contributed by atoms with E-state index in [0.717, 1.165) is 12.5 Å². The molecular weight excluding hydrogens is 194 g/mol. The van der Waals surface area contributed by atoms with E-state index < -0.39 is 0 Å². The largest absolute Gasteiger partial charge is 0.330 e. The molecular formula is C15H23N. The standard InChI is InChI=1S/C15H23N/c1-12(11-16)14-8-5-9-15(10-14)13-6-3-2-4-7-13/h5,8-10,12-13H,2-4,6-7,11,16H2,1H3. The lowest BCUT2D eigenvalue weighted by atomic mass is 9.83. The van der Waals surface area contributed by atoms with E-state index in [1.807, 2.05) is 0 Å². The molecule has 88 valence electrons. The van der Waals surface area contributed by atoms with Crippen LogP contribution in [0.3, 0.4) is 0 Å². The average molecular weight is 217 g/mol. The van der Waals surface area contributed by atoms with Crippen LogP contribution in [-0.2, 0) is 0 Å². The van der Waals surface area contributed by atoms with E-state index in [2.05, 4.69) is 31.2 Å². The zero-order valence-electron chi connectivity index (χ0n) is 10.3. The van der Waals surface area contributed by atoms with Crippen molar-refractivity contribution < 1.29 is 0 Å². The SMILES string of the molecule is CC(CN)c1cccc(C2CCCCC2)c1. The van der Waals surface area contributed by atoms with Gasteiger partial charge in [-0.05, 0) is 42.3 Å². The van der Waals surface area contributed by atoms with Gasteiger partial charge in [0.15, 0.2) is 0 Å². The number of benzene rings is 1. The zero-order valence-corrected chi connectivity index (χ0v) is 10.3. The summed E-state index contributed by atoms with van der Waals surface area (Å²) in [4.78, 5) is 0. The van der Waals surface area contributed by atoms with E-state index in [0.29, 0.717) is 5.92 Å². The summed E-state index contributed by atoms with van der Waals surface area (Å²) in [6.45, 7) is 2.95. The molecule has 1 aromatic carbocycles. The summed E-state index contributed by atoms with van der Waals surface area (Å²) in [5, 5.41) is 0. The highest BCUT2D eigenvalue weighted by molar-refractivity contribution is 5.29. The molecule has 1 saturated carbocycles. The Balaban J connectivity index is 2.14. The van der Waals surface area contributed by atoms with E-state index >= 15 is 0 Å². The van der Waals surface area contributed by atoms with Crippen molar-refractivity contribution in [3.63, 3.8) is 0 Å². The minimum atomic E-state index is 0.489. The first-order valence-electron chi connectivity index (χ1n) is 6.61. The van der Waals surface area contributed by atoms with Crippen LogP contribution < -0.4 is 5.73 Å². The summed E-state index contributed by atoms with van der Waals surface area (Å²) in [5.74, 6) is 1.29. The van der Waals surface area contributed by atoms with Gasteiger partial charge < -0.3 is 5.73 Å². The molecule has 0 saturated heterocycles. The number of nitrogens with two attached hydrogens (primary N) is 1. The molecule has 1 aliphatic carbocycles. The Morgan fingerprint density at radius 1 is 1.25 bits per heavy atom. The molecule has 0 amide bonds. The molecule has 0 aromatic heterocycles. The second kappa shape index (κ2) is 5.49. The second-order valence-corrected chi connectivity index (χ2v) is 5.14. The fourth-order valence-corrected chi connectivity index (χ4v) is 2.69. The number of hydrogen-bond donors (Lipinski definition) is 1. The molecule has 0 bridgehead atoms. The summed E-state index contributed by atoms with van der Waals surface area (Å²) in [6.07, 6.45) is 6.99. The van der Waals surface area contributed by atoms with Gasteiger partial charge in [0, 0.05) is 0 Å². The Labute approximate surface area is 99.0 Å². The third kappa shape index (κ3) is 2.65. The van der Waals surface area contributed by atoms with Crippen molar-refractivity contribution >= 4 is 0 Å². The molecule has 16 heavy (non-hydrogen) atoms. The highest BCUT2D eigenvalue weighted by atomic mass is 14.5. The summed E-state index contributed by atoms with van der Waals surface area (Å²) < 4.78 is 0. The first kappa shape index (κ1) is 11.7. The van der Waals surface area contributed by atoms with E-state index in [9.17, 15) is 0 Å². The van der Waals surface area contributed by atoms with Crippen molar-refractivity contribution in [1.82, 2.24) is 0 Å². The van der Waals surface area contributed by atoms with E-state index in [-0.39, 0.29) is 0 Å². The van der Waals surface area contributed by atoms with Crippen LogP contribution in [-0.4, -0.2) is 6.54 Å². The van der Waals surface area contributed by atoms with Crippen LogP contribution in [0.25, 0.3) is 0 Å². The molecule has 0 heterocycles. The smallest absolute Gasteiger partial charge is 0.00109 e. The van der Waals surface area contributed by atoms with Crippen LogP contribution >= 0.6 is 0 Å². The quantitative estimate of drug-likeness (QED) is 0.819. The van der Waals surface area contributed by atoms with E-state index in [4.69, 9.17) is 5.73 Å². The predicted octanol–water partition coefficient (Wildman–Crippen LogP) is 3.80. The highest BCUT2D eigenvalue weighted by Crippen LogP contribution is 2.33. The van der Waals surface area contributed by atoms with Crippen molar-refractivity contribution in [3.8, 4) is 0 Å². The fourth-order valence-electron chi connectivity index (χ4n) is 2.69. The molecule has 1 fully saturated rings. The average Bonchev–Trinajstić information content (AvgIpc) is 2.39. The Kier molecular flexibility index (Phi) is 4.00. The van der Waals surface area contributed by atoms with Gasteiger partial charge in [-0.2, -0.15) is 0 Å². The third-order valence-corrected chi connectivity index (χ3v) is 3.91. The Morgan fingerprint density at radius 2 is 2.00 bits per heavy atom. The normalized spacial score (nSPS) is 19.6. The Morgan fingerprint density at radius 3 is 2.69 bits per heavy atom. The molecule has 0 radical (unpaired) electrons. The van der Waals surface area contributed by atoms with Gasteiger partial charge in [-0.15, -0.1) is 0 Å². The Hall–Kier alpha value is -0.820. The Bertz CT molecular complexity index is 326. The van der Waals surface area contributed by atoms with Gasteiger partial charge in [0.2, 0.25) is 0 Å². The van der Waals surface area contributed by atoms with Crippen molar-refractivity contribution in [2.24, 2.45) is 5.73 Å². The minimum absolute atomic E-state index is 0.489. The maximum absolute atomic E-state index is 5.73. The van der Waals surface area contributed by atoms with Crippen LogP contribution in [0.4, 0.5) is 0 Å². The van der Waals surface area contributed by atoms with Crippen LogP contribution in [0.2, 0.25) is 0 Å². The molecule has 2 N–H and O–H groups in total. The first-order valence-corrected chi connectivity index (χ1v) is 6.61. The summed E-state index contributed by atoms with van der Waals surface area (Å²) in [7, 11) is 0. The predicted molar refractivity (Wildman–Crippen MR) is 69.7 cm³/mol. The van der Waals surface area contributed by atoms with Gasteiger partial charge in [-0.3, -0.25) is 0 Å².